The van der Waals surface area contributed by atoms with Gasteiger partial charge in [-0.05, 0) is 86.7 Å². The molecule has 0 amide bonds. The summed E-state index contributed by atoms with van der Waals surface area (Å²) in [7, 11) is 0. The van der Waals surface area contributed by atoms with Gasteiger partial charge in [-0.1, -0.05) is 73.3 Å². The average molecular weight is 500 g/mol. The lowest BCUT2D eigenvalue weighted by Gasteiger charge is -2.08. The SMILES string of the molecule is C=C(/C=c1/cccn/c1=C(/C)c1cccc(F)c1)CCCCCNCCc1cccc2c1SC(=C)N2. The van der Waals surface area contributed by atoms with Crippen molar-refractivity contribution in [2.45, 2.75) is 43.9 Å². The number of anilines is 1. The van der Waals surface area contributed by atoms with Gasteiger partial charge in [0.1, 0.15) is 5.82 Å². The van der Waals surface area contributed by atoms with Gasteiger partial charge in [-0.2, -0.15) is 0 Å². The molecule has 0 fully saturated rings. The summed E-state index contributed by atoms with van der Waals surface area (Å²) in [6, 6.07) is 17.1. The van der Waals surface area contributed by atoms with Crippen LogP contribution in [0.15, 0.2) is 89.4 Å². The van der Waals surface area contributed by atoms with Gasteiger partial charge in [0, 0.05) is 16.3 Å². The molecule has 0 atom stereocenters. The van der Waals surface area contributed by atoms with E-state index >= 15 is 0 Å². The fourth-order valence-electron chi connectivity index (χ4n) is 4.42. The molecule has 1 aliphatic rings. The largest absolute Gasteiger partial charge is 0.350 e. The molecular formula is C31H34FN3S. The predicted octanol–water partition coefficient (Wildman–Crippen LogP) is 6.16. The molecular weight excluding hydrogens is 465 g/mol. The Hall–Kier alpha value is -3.15. The summed E-state index contributed by atoms with van der Waals surface area (Å²) in [5.74, 6) is -0.238. The Balaban J connectivity index is 1.22. The van der Waals surface area contributed by atoms with Gasteiger partial charge < -0.3 is 10.6 Å². The molecule has 0 bridgehead atoms. The van der Waals surface area contributed by atoms with Crippen molar-refractivity contribution in [3.05, 3.63) is 112 Å². The van der Waals surface area contributed by atoms with Gasteiger partial charge in [0.2, 0.25) is 0 Å². The molecule has 4 rings (SSSR count). The number of benzene rings is 2. The lowest BCUT2D eigenvalue weighted by molar-refractivity contribution is 0.603. The monoisotopic (exact) mass is 499 g/mol. The van der Waals surface area contributed by atoms with E-state index in [1.165, 1.54) is 22.2 Å². The molecule has 0 saturated heterocycles. The molecule has 1 aromatic heterocycles. The number of pyridine rings is 1. The van der Waals surface area contributed by atoms with Gasteiger partial charge in [-0.15, -0.1) is 0 Å². The van der Waals surface area contributed by atoms with Crippen LogP contribution in [0.4, 0.5) is 10.1 Å². The van der Waals surface area contributed by atoms with E-state index in [1.54, 1.807) is 30.1 Å². The molecule has 5 heteroatoms. The van der Waals surface area contributed by atoms with Crippen molar-refractivity contribution in [2.75, 3.05) is 18.4 Å². The Morgan fingerprint density at radius 2 is 1.94 bits per heavy atom. The van der Waals surface area contributed by atoms with Crippen LogP contribution in [-0.4, -0.2) is 18.1 Å². The number of nitrogens with one attached hydrogen (secondary N) is 2. The maximum absolute atomic E-state index is 13.7. The van der Waals surface area contributed by atoms with E-state index in [4.69, 9.17) is 0 Å². The minimum absolute atomic E-state index is 0.238. The highest BCUT2D eigenvalue weighted by Gasteiger charge is 2.17. The number of halogens is 1. The van der Waals surface area contributed by atoms with Gasteiger partial charge in [0.05, 0.1) is 16.1 Å². The number of hydrogen-bond donors (Lipinski definition) is 2. The molecule has 186 valence electrons. The van der Waals surface area contributed by atoms with E-state index in [9.17, 15) is 4.39 Å². The highest BCUT2D eigenvalue weighted by molar-refractivity contribution is 8.03. The molecule has 3 nitrogen and oxygen atoms in total. The van der Waals surface area contributed by atoms with Crippen LogP contribution in [-0.2, 0) is 6.42 Å². The molecule has 0 aliphatic carbocycles. The number of hydrogen-bond acceptors (Lipinski definition) is 4. The first-order valence-corrected chi connectivity index (χ1v) is 13.4. The van der Waals surface area contributed by atoms with Crippen molar-refractivity contribution < 1.29 is 4.39 Å². The minimum atomic E-state index is -0.238. The van der Waals surface area contributed by atoms with Crippen LogP contribution in [0.2, 0.25) is 0 Å². The summed E-state index contributed by atoms with van der Waals surface area (Å²) in [5, 5.41) is 9.81. The lowest BCUT2D eigenvalue weighted by Crippen LogP contribution is -2.30. The van der Waals surface area contributed by atoms with Crippen molar-refractivity contribution in [1.82, 2.24) is 10.3 Å². The van der Waals surface area contributed by atoms with Gasteiger partial charge >= 0.3 is 0 Å². The van der Waals surface area contributed by atoms with Gasteiger partial charge in [0.15, 0.2) is 0 Å². The van der Waals surface area contributed by atoms with Gasteiger partial charge in [-0.3, -0.25) is 4.98 Å². The van der Waals surface area contributed by atoms with Crippen molar-refractivity contribution in [2.24, 2.45) is 0 Å². The number of unbranched alkanes of at least 4 members (excludes halogenated alkanes) is 2. The maximum atomic E-state index is 13.7. The van der Waals surface area contributed by atoms with E-state index < -0.39 is 0 Å². The van der Waals surface area contributed by atoms with Crippen molar-refractivity contribution >= 4 is 29.1 Å². The second kappa shape index (κ2) is 12.7. The third-order valence-electron chi connectivity index (χ3n) is 6.33. The van der Waals surface area contributed by atoms with Crippen LogP contribution in [0.3, 0.4) is 0 Å². The first-order valence-electron chi connectivity index (χ1n) is 12.5. The van der Waals surface area contributed by atoms with Crippen molar-refractivity contribution in [3.63, 3.8) is 0 Å². The molecule has 2 heterocycles. The molecule has 0 unspecified atom stereocenters. The van der Waals surface area contributed by atoms with Crippen molar-refractivity contribution in [1.29, 1.82) is 0 Å². The standard InChI is InChI=1S/C31H34FN3S/c1-22(20-27-13-9-18-34-30(27)23(2)26-12-7-14-28(32)21-26)10-5-4-6-17-33-19-16-25-11-8-15-29-31(25)36-24(3)35-29/h7-9,11-15,18,20-21,33,35H,1,3-6,10,16-17,19H2,2H3/b27-20-,30-23-. The number of allylic oxidation sites excluding steroid dienone is 1. The summed E-state index contributed by atoms with van der Waals surface area (Å²) in [5.41, 5.74) is 5.46. The molecule has 0 saturated carbocycles. The molecule has 0 radical (unpaired) electrons. The number of thioether (sulfide) groups is 1. The molecule has 3 aromatic rings. The Labute approximate surface area is 217 Å². The number of nitrogens with zero attached hydrogens (tertiary/aromatic N) is 1. The minimum Gasteiger partial charge on any atom is -0.350 e. The third-order valence-corrected chi connectivity index (χ3v) is 7.36. The topological polar surface area (TPSA) is 37.0 Å². The summed E-state index contributed by atoms with van der Waals surface area (Å²) < 4.78 is 13.7. The zero-order valence-electron chi connectivity index (χ0n) is 20.9. The van der Waals surface area contributed by atoms with Gasteiger partial charge in [-0.25, -0.2) is 4.39 Å². The summed E-state index contributed by atoms with van der Waals surface area (Å²) in [6.45, 7) is 12.3. The smallest absolute Gasteiger partial charge is 0.123 e. The van der Waals surface area contributed by atoms with E-state index in [0.717, 1.165) is 77.5 Å². The van der Waals surface area contributed by atoms with Crippen molar-refractivity contribution in [3.8, 4) is 0 Å². The van der Waals surface area contributed by atoms with Crippen LogP contribution in [0.5, 0.6) is 0 Å². The molecule has 36 heavy (non-hydrogen) atoms. The van der Waals surface area contributed by atoms with E-state index in [1.807, 2.05) is 25.1 Å². The average Bonchev–Trinajstić information content (AvgIpc) is 3.26. The first kappa shape index (κ1) is 25.9. The molecule has 0 spiro atoms. The second-order valence-corrected chi connectivity index (χ2v) is 10.2. The second-order valence-electron chi connectivity index (χ2n) is 9.13. The molecule has 2 aromatic carbocycles. The highest BCUT2D eigenvalue weighted by Crippen LogP contribution is 2.42. The summed E-state index contributed by atoms with van der Waals surface area (Å²) >= 11 is 1.73. The highest BCUT2D eigenvalue weighted by atomic mass is 32.2. The zero-order valence-corrected chi connectivity index (χ0v) is 21.8. The van der Waals surface area contributed by atoms with Crippen LogP contribution in [0.25, 0.3) is 11.6 Å². The number of fused-ring (bicyclic) bond motifs is 1. The van der Waals surface area contributed by atoms with Gasteiger partial charge in [0.25, 0.3) is 0 Å². The third kappa shape index (κ3) is 6.96. The van der Waals surface area contributed by atoms with Crippen LogP contribution >= 0.6 is 11.8 Å². The first-order chi connectivity index (χ1) is 17.5. The van der Waals surface area contributed by atoms with E-state index in [2.05, 4.69) is 53.1 Å². The quantitative estimate of drug-likeness (QED) is 0.310. The van der Waals surface area contributed by atoms with E-state index in [0.29, 0.717) is 0 Å². The fraction of sp³-hybridized carbons (Fsp3) is 0.258. The van der Waals surface area contributed by atoms with E-state index in [-0.39, 0.29) is 5.82 Å². The maximum Gasteiger partial charge on any atom is 0.123 e. The number of rotatable bonds is 11. The predicted molar refractivity (Wildman–Crippen MR) is 152 cm³/mol. The Morgan fingerprint density at radius 3 is 2.81 bits per heavy atom. The summed E-state index contributed by atoms with van der Waals surface area (Å²) in [6.07, 6.45) is 9.29. The fourth-order valence-corrected chi connectivity index (χ4v) is 5.36. The Morgan fingerprint density at radius 1 is 1.08 bits per heavy atom. The normalized spacial score (nSPS) is 13.9. The molecule has 2 N–H and O–H groups in total. The van der Waals surface area contributed by atoms with Crippen LogP contribution < -0.4 is 21.2 Å². The zero-order chi connectivity index (χ0) is 25.3. The summed E-state index contributed by atoms with van der Waals surface area (Å²) in [4.78, 5) is 5.89. The number of aromatic nitrogens is 1. The Bertz CT molecular complexity index is 1360. The Kier molecular flexibility index (Phi) is 9.15. The molecule has 1 aliphatic heterocycles. The lowest BCUT2D eigenvalue weighted by atomic mass is 10.0. The van der Waals surface area contributed by atoms with Crippen LogP contribution in [0.1, 0.15) is 43.7 Å². The van der Waals surface area contributed by atoms with Crippen LogP contribution in [0, 0.1) is 5.82 Å².